The molecule has 0 atom stereocenters. The summed E-state index contributed by atoms with van der Waals surface area (Å²) < 4.78 is 2.74. The Hall–Kier alpha value is -0.560. The van der Waals surface area contributed by atoms with Gasteiger partial charge in [0.2, 0.25) is 0 Å². The number of thioether (sulfide) groups is 1. The van der Waals surface area contributed by atoms with E-state index in [0.717, 1.165) is 20.2 Å². The summed E-state index contributed by atoms with van der Waals surface area (Å²) in [7, 11) is 1.83. The van der Waals surface area contributed by atoms with Gasteiger partial charge in [0, 0.05) is 22.3 Å². The number of rotatable bonds is 4. The average Bonchev–Trinajstić information content (AvgIpc) is 2.69. The SMILES string of the molecule is Cn1c(CO)nnc1SCc1ccc(Br)cc1Cl. The van der Waals surface area contributed by atoms with Crippen LogP contribution in [0, 0.1) is 0 Å². The molecule has 0 spiro atoms. The quantitative estimate of drug-likeness (QED) is 0.863. The van der Waals surface area contributed by atoms with Gasteiger partial charge < -0.3 is 9.67 Å². The summed E-state index contributed by atoms with van der Waals surface area (Å²) in [5.74, 6) is 1.27. The minimum absolute atomic E-state index is 0.108. The maximum absolute atomic E-state index is 9.03. The molecular formula is C11H11BrClN3OS. The van der Waals surface area contributed by atoms with Gasteiger partial charge in [-0.05, 0) is 17.7 Å². The van der Waals surface area contributed by atoms with Gasteiger partial charge in [0.05, 0.1) is 0 Å². The van der Waals surface area contributed by atoms with Crippen LogP contribution in [0.1, 0.15) is 11.4 Å². The zero-order valence-corrected chi connectivity index (χ0v) is 12.8. The van der Waals surface area contributed by atoms with Gasteiger partial charge in [-0.1, -0.05) is 45.4 Å². The lowest BCUT2D eigenvalue weighted by Gasteiger charge is -2.05. The normalized spacial score (nSPS) is 10.9. The van der Waals surface area contributed by atoms with Gasteiger partial charge in [-0.15, -0.1) is 10.2 Å². The van der Waals surface area contributed by atoms with Crippen LogP contribution in [0.2, 0.25) is 5.02 Å². The van der Waals surface area contributed by atoms with Crippen LogP contribution < -0.4 is 0 Å². The maximum atomic E-state index is 9.03. The second-order valence-electron chi connectivity index (χ2n) is 3.64. The second-order valence-corrected chi connectivity index (χ2v) is 5.91. The minimum atomic E-state index is -0.108. The molecule has 2 rings (SSSR count). The molecule has 1 aromatic carbocycles. The lowest BCUT2D eigenvalue weighted by molar-refractivity contribution is 0.266. The fraction of sp³-hybridized carbons (Fsp3) is 0.273. The standard InChI is InChI=1S/C11H11BrClN3OS/c1-16-10(5-17)14-15-11(16)18-6-7-2-3-8(12)4-9(7)13/h2-4,17H,5-6H2,1H3. The van der Waals surface area contributed by atoms with Gasteiger partial charge in [0.25, 0.3) is 0 Å². The Morgan fingerprint density at radius 1 is 1.44 bits per heavy atom. The Morgan fingerprint density at radius 3 is 2.83 bits per heavy atom. The van der Waals surface area contributed by atoms with Crippen LogP contribution in [0.5, 0.6) is 0 Å². The van der Waals surface area contributed by atoms with Gasteiger partial charge in [-0.2, -0.15) is 0 Å². The Labute approximate surface area is 122 Å². The van der Waals surface area contributed by atoms with Crippen molar-refractivity contribution in [3.63, 3.8) is 0 Å². The van der Waals surface area contributed by atoms with Crippen LogP contribution >= 0.6 is 39.3 Å². The van der Waals surface area contributed by atoms with E-state index in [1.165, 1.54) is 11.8 Å². The molecular weight excluding hydrogens is 338 g/mol. The Kier molecular flexibility index (Phi) is 4.66. The van der Waals surface area contributed by atoms with E-state index in [1.807, 2.05) is 25.2 Å². The van der Waals surface area contributed by atoms with Crippen molar-refractivity contribution in [3.8, 4) is 0 Å². The lowest BCUT2D eigenvalue weighted by Crippen LogP contribution is -1.98. The van der Waals surface area contributed by atoms with Crippen molar-refractivity contribution in [1.82, 2.24) is 14.8 Å². The highest BCUT2D eigenvalue weighted by Crippen LogP contribution is 2.27. The van der Waals surface area contributed by atoms with E-state index < -0.39 is 0 Å². The number of aliphatic hydroxyl groups excluding tert-OH is 1. The van der Waals surface area contributed by atoms with E-state index in [0.29, 0.717) is 11.6 Å². The molecule has 0 aliphatic rings. The summed E-state index contributed by atoms with van der Waals surface area (Å²) in [5, 5.41) is 18.4. The van der Waals surface area contributed by atoms with Crippen molar-refractivity contribution in [2.24, 2.45) is 7.05 Å². The van der Waals surface area contributed by atoms with Gasteiger partial charge in [-0.25, -0.2) is 0 Å². The fourth-order valence-corrected chi connectivity index (χ4v) is 3.14. The van der Waals surface area contributed by atoms with Gasteiger partial charge >= 0.3 is 0 Å². The topological polar surface area (TPSA) is 50.9 Å². The third-order valence-corrected chi connectivity index (χ3v) is 4.35. The predicted molar refractivity (Wildman–Crippen MR) is 75.6 cm³/mol. The molecule has 0 radical (unpaired) electrons. The van der Waals surface area contributed by atoms with Crippen molar-refractivity contribution in [2.45, 2.75) is 17.5 Å². The van der Waals surface area contributed by atoms with Gasteiger partial charge in [-0.3, -0.25) is 0 Å². The first kappa shape index (κ1) is 13.9. The first-order valence-corrected chi connectivity index (χ1v) is 7.33. The number of hydrogen-bond acceptors (Lipinski definition) is 4. The molecule has 18 heavy (non-hydrogen) atoms. The van der Waals surface area contributed by atoms with Crippen molar-refractivity contribution >= 4 is 39.3 Å². The average molecular weight is 349 g/mol. The molecule has 0 fully saturated rings. The summed E-state index contributed by atoms with van der Waals surface area (Å²) >= 11 is 11.0. The highest BCUT2D eigenvalue weighted by atomic mass is 79.9. The van der Waals surface area contributed by atoms with Crippen LogP contribution in [-0.2, 0) is 19.4 Å². The molecule has 0 bridgehead atoms. The number of aliphatic hydroxyl groups is 1. The number of benzene rings is 1. The zero-order valence-electron chi connectivity index (χ0n) is 9.60. The van der Waals surface area contributed by atoms with Crippen molar-refractivity contribution in [2.75, 3.05) is 0 Å². The largest absolute Gasteiger partial charge is 0.388 e. The summed E-state index contributed by atoms with van der Waals surface area (Å²) in [6, 6.07) is 5.80. The molecule has 7 heteroatoms. The molecule has 0 saturated heterocycles. The molecule has 1 N–H and O–H groups in total. The second kappa shape index (κ2) is 6.06. The third-order valence-electron chi connectivity index (χ3n) is 2.44. The summed E-state index contributed by atoms with van der Waals surface area (Å²) in [5.41, 5.74) is 1.04. The number of halogens is 2. The van der Waals surface area contributed by atoms with Gasteiger partial charge in [0.1, 0.15) is 6.61 Å². The molecule has 0 saturated carbocycles. The van der Waals surface area contributed by atoms with E-state index in [-0.39, 0.29) is 6.61 Å². The number of nitrogens with zero attached hydrogens (tertiary/aromatic N) is 3. The molecule has 0 aliphatic heterocycles. The molecule has 1 aromatic heterocycles. The molecule has 1 heterocycles. The molecule has 0 amide bonds. The molecule has 0 unspecified atom stereocenters. The van der Waals surface area contributed by atoms with E-state index in [9.17, 15) is 0 Å². The summed E-state index contributed by atoms with van der Waals surface area (Å²) in [6.07, 6.45) is 0. The predicted octanol–water partition coefficient (Wildman–Crippen LogP) is 3.02. The fourth-order valence-electron chi connectivity index (χ4n) is 1.39. The lowest BCUT2D eigenvalue weighted by atomic mass is 10.2. The first-order valence-electron chi connectivity index (χ1n) is 5.17. The highest BCUT2D eigenvalue weighted by molar-refractivity contribution is 9.10. The molecule has 2 aromatic rings. The van der Waals surface area contributed by atoms with Crippen molar-refractivity contribution in [3.05, 3.63) is 39.1 Å². The molecule has 0 aliphatic carbocycles. The van der Waals surface area contributed by atoms with Crippen molar-refractivity contribution < 1.29 is 5.11 Å². The van der Waals surface area contributed by atoms with Crippen LogP contribution in [0.4, 0.5) is 0 Å². The van der Waals surface area contributed by atoms with Gasteiger partial charge in [0.15, 0.2) is 11.0 Å². The first-order chi connectivity index (χ1) is 8.61. The zero-order chi connectivity index (χ0) is 13.1. The minimum Gasteiger partial charge on any atom is -0.388 e. The Balaban J connectivity index is 2.09. The van der Waals surface area contributed by atoms with Crippen LogP contribution in [-0.4, -0.2) is 19.9 Å². The molecule has 4 nitrogen and oxygen atoms in total. The Bertz CT molecular complexity index is 561. The van der Waals surface area contributed by atoms with E-state index in [1.54, 1.807) is 4.57 Å². The maximum Gasteiger partial charge on any atom is 0.191 e. The molecule has 96 valence electrons. The van der Waals surface area contributed by atoms with Crippen LogP contribution in [0.3, 0.4) is 0 Å². The smallest absolute Gasteiger partial charge is 0.191 e. The van der Waals surface area contributed by atoms with Crippen LogP contribution in [0.25, 0.3) is 0 Å². The number of aromatic nitrogens is 3. The van der Waals surface area contributed by atoms with Crippen molar-refractivity contribution in [1.29, 1.82) is 0 Å². The third kappa shape index (κ3) is 3.06. The number of hydrogen-bond donors (Lipinski definition) is 1. The highest BCUT2D eigenvalue weighted by Gasteiger charge is 2.09. The van der Waals surface area contributed by atoms with E-state index in [2.05, 4.69) is 26.1 Å². The van der Waals surface area contributed by atoms with E-state index >= 15 is 0 Å². The van der Waals surface area contributed by atoms with E-state index in [4.69, 9.17) is 16.7 Å². The summed E-state index contributed by atoms with van der Waals surface area (Å²) in [6.45, 7) is -0.108. The Morgan fingerprint density at radius 2 is 2.22 bits per heavy atom. The monoisotopic (exact) mass is 347 g/mol. The summed E-state index contributed by atoms with van der Waals surface area (Å²) in [4.78, 5) is 0. The van der Waals surface area contributed by atoms with Crippen LogP contribution in [0.15, 0.2) is 27.8 Å².